The van der Waals surface area contributed by atoms with Gasteiger partial charge in [0.05, 0.1) is 11.7 Å². The summed E-state index contributed by atoms with van der Waals surface area (Å²) in [5.74, 6) is 0. The fraction of sp³-hybridized carbons (Fsp3) is 0.455. The van der Waals surface area contributed by atoms with Gasteiger partial charge in [-0.3, -0.25) is 0 Å². The Hall–Kier alpha value is -1.23. The predicted molar refractivity (Wildman–Crippen MR) is 54.3 cm³/mol. The number of aliphatic hydroxyl groups excluding tert-OH is 1. The van der Waals surface area contributed by atoms with Crippen molar-refractivity contribution in [2.75, 3.05) is 18.0 Å². The van der Waals surface area contributed by atoms with Crippen molar-refractivity contribution in [2.45, 2.75) is 18.7 Å². The van der Waals surface area contributed by atoms with Gasteiger partial charge in [0.1, 0.15) is 0 Å². The van der Waals surface area contributed by atoms with Crippen LogP contribution in [0.3, 0.4) is 0 Å². The maximum absolute atomic E-state index is 12.3. The lowest BCUT2D eigenvalue weighted by atomic mass is 10.2. The van der Waals surface area contributed by atoms with Gasteiger partial charge < -0.3 is 10.0 Å². The van der Waals surface area contributed by atoms with E-state index < -0.39 is 11.7 Å². The van der Waals surface area contributed by atoms with E-state index in [0.29, 0.717) is 19.5 Å². The van der Waals surface area contributed by atoms with E-state index in [0.717, 1.165) is 17.8 Å². The number of hydrogen-bond acceptors (Lipinski definition) is 2. The molecule has 0 spiro atoms. The van der Waals surface area contributed by atoms with E-state index in [2.05, 4.69) is 0 Å². The van der Waals surface area contributed by atoms with Crippen LogP contribution in [0.1, 0.15) is 12.0 Å². The normalized spacial score (nSPS) is 21.5. The molecule has 1 N–H and O–H groups in total. The Morgan fingerprint density at radius 3 is 2.25 bits per heavy atom. The van der Waals surface area contributed by atoms with Gasteiger partial charge in [0.2, 0.25) is 0 Å². The lowest BCUT2D eigenvalue weighted by Crippen LogP contribution is -2.21. The summed E-state index contributed by atoms with van der Waals surface area (Å²) in [6, 6.07) is 5.03. The van der Waals surface area contributed by atoms with Gasteiger partial charge in [0.15, 0.2) is 0 Å². The Kier molecular flexibility index (Phi) is 2.80. The summed E-state index contributed by atoms with van der Waals surface area (Å²) >= 11 is 0. The zero-order chi connectivity index (χ0) is 11.8. The fourth-order valence-corrected chi connectivity index (χ4v) is 1.84. The van der Waals surface area contributed by atoms with Crippen molar-refractivity contribution in [3.05, 3.63) is 29.8 Å². The Bertz CT molecular complexity index is 360. The molecule has 2 rings (SSSR count). The third-order valence-corrected chi connectivity index (χ3v) is 2.72. The molecule has 1 aliphatic heterocycles. The quantitative estimate of drug-likeness (QED) is 0.801. The fourth-order valence-electron chi connectivity index (χ4n) is 1.84. The molecule has 0 amide bonds. The first-order valence-corrected chi connectivity index (χ1v) is 5.07. The second-order valence-electron chi connectivity index (χ2n) is 3.93. The molecule has 2 nitrogen and oxygen atoms in total. The molecular formula is C11H12F3NO. The molecule has 1 fully saturated rings. The molecule has 88 valence electrons. The molecule has 16 heavy (non-hydrogen) atoms. The molecule has 0 unspecified atom stereocenters. The van der Waals surface area contributed by atoms with Gasteiger partial charge in [-0.2, -0.15) is 13.2 Å². The zero-order valence-corrected chi connectivity index (χ0v) is 8.54. The number of benzene rings is 1. The summed E-state index contributed by atoms with van der Waals surface area (Å²) in [4.78, 5) is 1.88. The molecule has 0 aliphatic carbocycles. The molecule has 1 aromatic rings. The van der Waals surface area contributed by atoms with E-state index in [1.54, 1.807) is 0 Å². The SMILES string of the molecule is O[C@H]1CCN(c2ccc(C(F)(F)F)cc2)C1. The standard InChI is InChI=1S/C11H12F3NO/c12-11(13,14)8-1-3-9(4-2-8)15-6-5-10(16)7-15/h1-4,10,16H,5-7H2/t10-/m0/s1. The van der Waals surface area contributed by atoms with Crippen LogP contribution in [-0.4, -0.2) is 24.3 Å². The van der Waals surface area contributed by atoms with Gasteiger partial charge in [-0.25, -0.2) is 0 Å². The lowest BCUT2D eigenvalue weighted by Gasteiger charge is -2.18. The van der Waals surface area contributed by atoms with Crippen LogP contribution in [0.2, 0.25) is 0 Å². The lowest BCUT2D eigenvalue weighted by molar-refractivity contribution is -0.137. The predicted octanol–water partition coefficient (Wildman–Crippen LogP) is 2.28. The molecule has 1 aliphatic rings. The highest BCUT2D eigenvalue weighted by atomic mass is 19.4. The van der Waals surface area contributed by atoms with Crippen LogP contribution in [0, 0.1) is 0 Å². The van der Waals surface area contributed by atoms with E-state index in [9.17, 15) is 18.3 Å². The first-order chi connectivity index (χ1) is 7.47. The van der Waals surface area contributed by atoms with Crippen molar-refractivity contribution in [3.63, 3.8) is 0 Å². The summed E-state index contributed by atoms with van der Waals surface area (Å²) < 4.78 is 36.9. The average Bonchev–Trinajstić information content (AvgIpc) is 2.64. The third kappa shape index (κ3) is 2.29. The van der Waals surface area contributed by atoms with Crippen molar-refractivity contribution in [2.24, 2.45) is 0 Å². The van der Waals surface area contributed by atoms with Crippen molar-refractivity contribution in [1.29, 1.82) is 0 Å². The van der Waals surface area contributed by atoms with Crippen LogP contribution >= 0.6 is 0 Å². The monoisotopic (exact) mass is 231 g/mol. The highest BCUT2D eigenvalue weighted by Crippen LogP contribution is 2.31. The molecule has 0 bridgehead atoms. The third-order valence-electron chi connectivity index (χ3n) is 2.72. The maximum Gasteiger partial charge on any atom is 0.416 e. The summed E-state index contributed by atoms with van der Waals surface area (Å²) in [6.07, 6.45) is -3.99. The van der Waals surface area contributed by atoms with E-state index in [4.69, 9.17) is 0 Å². The molecule has 0 radical (unpaired) electrons. The number of β-amino-alcohol motifs (C(OH)–C–C–N with tert-alkyl or cyclic N) is 1. The number of anilines is 1. The Morgan fingerprint density at radius 2 is 1.81 bits per heavy atom. The smallest absolute Gasteiger partial charge is 0.391 e. The van der Waals surface area contributed by atoms with Crippen molar-refractivity contribution in [1.82, 2.24) is 0 Å². The molecule has 1 saturated heterocycles. The number of rotatable bonds is 1. The van der Waals surface area contributed by atoms with Crippen LogP contribution in [-0.2, 0) is 6.18 Å². The number of halogens is 3. The number of nitrogens with zero attached hydrogens (tertiary/aromatic N) is 1. The molecule has 5 heteroatoms. The van der Waals surface area contributed by atoms with E-state index in [1.807, 2.05) is 4.90 Å². The van der Waals surface area contributed by atoms with Gasteiger partial charge in [-0.05, 0) is 30.7 Å². The second-order valence-corrected chi connectivity index (χ2v) is 3.93. The topological polar surface area (TPSA) is 23.5 Å². The minimum Gasteiger partial charge on any atom is -0.391 e. The van der Waals surface area contributed by atoms with Gasteiger partial charge in [-0.1, -0.05) is 0 Å². The minimum atomic E-state index is -4.29. The number of hydrogen-bond donors (Lipinski definition) is 1. The average molecular weight is 231 g/mol. The molecule has 1 aromatic carbocycles. The molecule has 0 aromatic heterocycles. The van der Waals surface area contributed by atoms with Gasteiger partial charge in [-0.15, -0.1) is 0 Å². The summed E-state index contributed by atoms with van der Waals surface area (Å²) in [5, 5.41) is 9.32. The number of aliphatic hydroxyl groups is 1. The van der Waals surface area contributed by atoms with E-state index >= 15 is 0 Å². The first kappa shape index (κ1) is 11.3. The Morgan fingerprint density at radius 1 is 1.19 bits per heavy atom. The van der Waals surface area contributed by atoms with Crippen molar-refractivity contribution in [3.8, 4) is 0 Å². The van der Waals surface area contributed by atoms with Gasteiger partial charge >= 0.3 is 6.18 Å². The first-order valence-electron chi connectivity index (χ1n) is 5.07. The summed E-state index contributed by atoms with van der Waals surface area (Å²) in [5.41, 5.74) is 0.0838. The highest BCUT2D eigenvalue weighted by Gasteiger charge is 2.30. The van der Waals surface area contributed by atoms with Crippen molar-refractivity contribution >= 4 is 5.69 Å². The van der Waals surface area contributed by atoms with Gasteiger partial charge in [0, 0.05) is 18.8 Å². The highest BCUT2D eigenvalue weighted by molar-refractivity contribution is 5.49. The summed E-state index contributed by atoms with van der Waals surface area (Å²) in [7, 11) is 0. The maximum atomic E-state index is 12.3. The van der Waals surface area contributed by atoms with E-state index in [-0.39, 0.29) is 6.10 Å². The van der Waals surface area contributed by atoms with Crippen LogP contribution in [0.4, 0.5) is 18.9 Å². The molecule has 1 atom stereocenters. The van der Waals surface area contributed by atoms with Crippen LogP contribution in [0.5, 0.6) is 0 Å². The summed E-state index contributed by atoms with van der Waals surface area (Å²) in [6.45, 7) is 1.18. The molecular weight excluding hydrogens is 219 g/mol. The van der Waals surface area contributed by atoms with Gasteiger partial charge in [0.25, 0.3) is 0 Å². The Labute approximate surface area is 91.3 Å². The van der Waals surface area contributed by atoms with Crippen LogP contribution in [0.15, 0.2) is 24.3 Å². The number of alkyl halides is 3. The van der Waals surface area contributed by atoms with Crippen LogP contribution < -0.4 is 4.90 Å². The molecule has 0 saturated carbocycles. The van der Waals surface area contributed by atoms with E-state index in [1.165, 1.54) is 12.1 Å². The zero-order valence-electron chi connectivity index (χ0n) is 8.54. The largest absolute Gasteiger partial charge is 0.416 e. The van der Waals surface area contributed by atoms with Crippen LogP contribution in [0.25, 0.3) is 0 Å². The van der Waals surface area contributed by atoms with Crippen molar-refractivity contribution < 1.29 is 18.3 Å². The molecule has 1 heterocycles. The minimum absolute atomic E-state index is 0.373. The second kappa shape index (κ2) is 3.97. The Balaban J connectivity index is 2.14.